The fourth-order valence-electron chi connectivity index (χ4n) is 13.5. The van der Waals surface area contributed by atoms with E-state index in [1.54, 1.807) is 5.56 Å². The zero-order chi connectivity index (χ0) is 37.7. The molecule has 3 bridgehead atoms. The van der Waals surface area contributed by atoms with E-state index in [9.17, 15) is 0 Å². The third kappa shape index (κ3) is 4.17. The van der Waals surface area contributed by atoms with E-state index in [-0.39, 0.29) is 0 Å². The number of fused-ring (bicyclic) bond motifs is 11. The summed E-state index contributed by atoms with van der Waals surface area (Å²) >= 11 is 1.88. The van der Waals surface area contributed by atoms with Gasteiger partial charge in [0.1, 0.15) is 11.2 Å². The van der Waals surface area contributed by atoms with Crippen molar-refractivity contribution in [1.82, 2.24) is 0 Å². The van der Waals surface area contributed by atoms with Gasteiger partial charge in [0.05, 0.1) is 16.1 Å². The Balaban J connectivity index is 1.03. The van der Waals surface area contributed by atoms with Crippen LogP contribution in [0.3, 0.4) is 0 Å². The maximum atomic E-state index is 6.78. The molecule has 4 aliphatic rings. The summed E-state index contributed by atoms with van der Waals surface area (Å²) in [5.74, 6) is 2.88. The number of hydrogen-bond acceptors (Lipinski definition) is 3. The third-order valence-electron chi connectivity index (χ3n) is 15.6. The minimum atomic E-state index is 0.350. The highest BCUT2D eigenvalue weighted by molar-refractivity contribution is 7.26. The predicted octanol–water partition coefficient (Wildman–Crippen LogP) is 15.9. The van der Waals surface area contributed by atoms with Crippen LogP contribution in [0.1, 0.15) is 44.1 Å². The molecule has 58 heavy (non-hydrogen) atoms. The Labute approximate surface area is 341 Å². The van der Waals surface area contributed by atoms with Gasteiger partial charge in [0, 0.05) is 37.3 Å². The van der Waals surface area contributed by atoms with Crippen molar-refractivity contribution in [3.8, 4) is 11.1 Å². The molecule has 0 N–H and O–H groups in total. The summed E-state index contributed by atoms with van der Waals surface area (Å²) in [5.41, 5.74) is 10.6. The number of rotatable bonds is 5. The minimum Gasteiger partial charge on any atom is -0.455 e. The molecule has 14 rings (SSSR count). The van der Waals surface area contributed by atoms with E-state index in [0.717, 1.165) is 39.7 Å². The molecule has 4 fully saturated rings. The topological polar surface area (TPSA) is 16.4 Å². The molecule has 2 aromatic heterocycles. The standard InChI is InChI=1S/C55H41NOS/c1-2-12-39-34(10-1)11-9-17-40(39)42-24-25-47(43-14-4-3-13-41(42)43)56(38-22-20-35(21-23-38)54-29-33-26-36-27-37(31-54)55(36,30-33)32-54)48-28-46-44-15-5-7-18-49(44)57-52(46)51-45-16-6-8-19-50(45)58-53(48)51/h1-25,28,33,36-37H,26-27,29-32H2. The fourth-order valence-corrected chi connectivity index (χ4v) is 14.7. The fraction of sp³-hybridized carbons (Fsp3) is 0.200. The number of benzene rings is 8. The van der Waals surface area contributed by atoms with Crippen molar-refractivity contribution in [1.29, 1.82) is 0 Å². The van der Waals surface area contributed by atoms with Gasteiger partial charge in [-0.25, -0.2) is 0 Å². The van der Waals surface area contributed by atoms with Gasteiger partial charge >= 0.3 is 0 Å². The predicted molar refractivity (Wildman–Crippen MR) is 244 cm³/mol. The normalized spacial score (nSPS) is 24.4. The van der Waals surface area contributed by atoms with Gasteiger partial charge in [-0.2, -0.15) is 0 Å². The molecule has 8 aromatic carbocycles. The Morgan fingerprint density at radius 2 is 1.29 bits per heavy atom. The molecule has 2 heterocycles. The monoisotopic (exact) mass is 763 g/mol. The number of thiophene rings is 1. The van der Waals surface area contributed by atoms with E-state index < -0.39 is 0 Å². The third-order valence-corrected chi connectivity index (χ3v) is 16.8. The zero-order valence-electron chi connectivity index (χ0n) is 32.2. The lowest BCUT2D eigenvalue weighted by atomic mass is 9.55. The molecule has 5 atom stereocenters. The summed E-state index contributed by atoms with van der Waals surface area (Å²) in [6.45, 7) is 0. The molecule has 0 saturated heterocycles. The van der Waals surface area contributed by atoms with Gasteiger partial charge in [-0.1, -0.05) is 121 Å². The van der Waals surface area contributed by atoms with E-state index in [4.69, 9.17) is 4.42 Å². The maximum absolute atomic E-state index is 6.78. The average Bonchev–Trinajstić information content (AvgIpc) is 3.95. The van der Waals surface area contributed by atoms with Gasteiger partial charge in [-0.3, -0.25) is 0 Å². The van der Waals surface area contributed by atoms with Crippen molar-refractivity contribution >= 4 is 92.1 Å². The summed E-state index contributed by atoms with van der Waals surface area (Å²) in [6, 6.07) is 59.1. The van der Waals surface area contributed by atoms with Crippen LogP contribution in [-0.4, -0.2) is 0 Å². The van der Waals surface area contributed by atoms with Gasteiger partial charge in [0.2, 0.25) is 0 Å². The van der Waals surface area contributed by atoms with Gasteiger partial charge in [-0.15, -0.1) is 11.3 Å². The van der Waals surface area contributed by atoms with Gasteiger partial charge in [-0.05, 0) is 136 Å². The van der Waals surface area contributed by atoms with Crippen LogP contribution >= 0.6 is 11.3 Å². The van der Waals surface area contributed by atoms with Crippen LogP contribution in [0.2, 0.25) is 0 Å². The van der Waals surface area contributed by atoms with Crippen molar-refractivity contribution in [2.24, 2.45) is 23.2 Å². The smallest absolute Gasteiger partial charge is 0.144 e. The van der Waals surface area contributed by atoms with Crippen LogP contribution in [0.4, 0.5) is 17.1 Å². The van der Waals surface area contributed by atoms with Crippen LogP contribution in [0.5, 0.6) is 0 Å². The Morgan fingerprint density at radius 3 is 2.19 bits per heavy atom. The first-order valence-electron chi connectivity index (χ1n) is 21.3. The van der Waals surface area contributed by atoms with Crippen molar-refractivity contribution in [2.75, 3.05) is 4.90 Å². The highest BCUT2D eigenvalue weighted by Crippen LogP contribution is 2.79. The summed E-state index contributed by atoms with van der Waals surface area (Å²) in [4.78, 5) is 2.58. The number of nitrogens with zero attached hydrogens (tertiary/aromatic N) is 1. The first-order chi connectivity index (χ1) is 28.6. The lowest BCUT2D eigenvalue weighted by Gasteiger charge is -2.49. The minimum absolute atomic E-state index is 0.350. The molecule has 0 aliphatic heterocycles. The number of hydrogen-bond donors (Lipinski definition) is 0. The Kier molecular flexibility index (Phi) is 6.31. The quantitative estimate of drug-likeness (QED) is 0.174. The summed E-state index contributed by atoms with van der Waals surface area (Å²) < 4.78 is 9.31. The lowest BCUT2D eigenvalue weighted by molar-refractivity contribution is -0.000160. The van der Waals surface area contributed by atoms with Crippen LogP contribution < -0.4 is 4.90 Å². The zero-order valence-corrected chi connectivity index (χ0v) is 33.1. The second-order valence-corrected chi connectivity index (χ2v) is 19.3. The Hall–Kier alpha value is -5.90. The van der Waals surface area contributed by atoms with E-state index in [0.29, 0.717) is 10.8 Å². The molecule has 5 unspecified atom stereocenters. The summed E-state index contributed by atoms with van der Waals surface area (Å²) in [5, 5.41) is 9.80. The highest BCUT2D eigenvalue weighted by Gasteiger charge is 2.70. The molecule has 4 aliphatic carbocycles. The van der Waals surface area contributed by atoms with Crippen molar-refractivity contribution in [3.05, 3.63) is 163 Å². The van der Waals surface area contributed by atoms with Crippen LogP contribution in [0, 0.1) is 23.2 Å². The molecule has 0 radical (unpaired) electrons. The van der Waals surface area contributed by atoms with Crippen molar-refractivity contribution < 1.29 is 4.42 Å². The van der Waals surface area contributed by atoms with Gasteiger partial charge in [0.25, 0.3) is 0 Å². The first kappa shape index (κ1) is 32.1. The van der Waals surface area contributed by atoms with Crippen LogP contribution in [0.25, 0.3) is 74.8 Å². The molecule has 2 nitrogen and oxygen atoms in total. The first-order valence-corrected chi connectivity index (χ1v) is 22.1. The van der Waals surface area contributed by atoms with Crippen LogP contribution in [-0.2, 0) is 5.41 Å². The average molecular weight is 764 g/mol. The maximum Gasteiger partial charge on any atom is 0.144 e. The van der Waals surface area contributed by atoms with Crippen molar-refractivity contribution in [2.45, 2.75) is 43.9 Å². The second-order valence-electron chi connectivity index (χ2n) is 18.3. The summed E-state index contributed by atoms with van der Waals surface area (Å²) in [6.07, 6.45) is 8.69. The Bertz CT molecular complexity index is 3340. The van der Waals surface area contributed by atoms with E-state index in [2.05, 4.69) is 163 Å². The number of furan rings is 1. The lowest BCUT2D eigenvalue weighted by Crippen LogP contribution is -2.42. The van der Waals surface area contributed by atoms with Crippen LogP contribution in [0.15, 0.2) is 162 Å². The molecule has 3 heteroatoms. The summed E-state index contributed by atoms with van der Waals surface area (Å²) in [7, 11) is 0. The molecule has 4 saturated carbocycles. The van der Waals surface area contributed by atoms with E-state index >= 15 is 0 Å². The second kappa shape index (κ2) is 11.4. The molecule has 278 valence electrons. The number of para-hydroxylation sites is 1. The molecule has 10 aromatic rings. The van der Waals surface area contributed by atoms with Gasteiger partial charge < -0.3 is 9.32 Å². The van der Waals surface area contributed by atoms with Crippen molar-refractivity contribution in [3.63, 3.8) is 0 Å². The molecular formula is C55H41NOS. The molecule has 0 amide bonds. The van der Waals surface area contributed by atoms with E-state index in [1.165, 1.54) is 108 Å². The van der Waals surface area contributed by atoms with E-state index in [1.807, 2.05) is 11.3 Å². The molecular weight excluding hydrogens is 723 g/mol. The van der Waals surface area contributed by atoms with Gasteiger partial charge in [0.15, 0.2) is 0 Å². The Morgan fingerprint density at radius 1 is 0.552 bits per heavy atom. The highest BCUT2D eigenvalue weighted by atomic mass is 32.1. The molecule has 1 spiro atoms. The SMILES string of the molecule is c1ccc2c(-c3ccc(N(c4ccc(C56CC7CC8CC(C5)C8(C7)C6)cc4)c4cc5c6ccccc6oc5c5c4sc4ccccc45)c4ccccc34)cccc2c1. The number of anilines is 3. The largest absolute Gasteiger partial charge is 0.455 e.